The molecule has 0 radical (unpaired) electrons. The van der Waals surface area contributed by atoms with Gasteiger partial charge in [0.25, 0.3) is 0 Å². The van der Waals surface area contributed by atoms with Crippen LogP contribution >= 0.6 is 15.9 Å². The first-order chi connectivity index (χ1) is 9.26. The minimum Gasteiger partial charge on any atom is -0.330 e. The Morgan fingerprint density at radius 1 is 1.42 bits per heavy atom. The van der Waals surface area contributed by atoms with Crippen molar-refractivity contribution < 1.29 is 0 Å². The Kier molecular flexibility index (Phi) is 5.79. The van der Waals surface area contributed by atoms with Gasteiger partial charge in [0.1, 0.15) is 0 Å². The van der Waals surface area contributed by atoms with E-state index in [1.165, 1.54) is 37.8 Å². The van der Waals surface area contributed by atoms with Crippen molar-refractivity contribution >= 4 is 15.9 Å². The number of nitrogens with zero attached hydrogens (tertiary/aromatic N) is 2. The van der Waals surface area contributed by atoms with Crippen molar-refractivity contribution in [2.75, 3.05) is 19.6 Å². The zero-order valence-corrected chi connectivity index (χ0v) is 13.3. The fourth-order valence-corrected chi connectivity index (χ4v) is 3.56. The van der Waals surface area contributed by atoms with Gasteiger partial charge in [0.15, 0.2) is 0 Å². The van der Waals surface area contributed by atoms with Gasteiger partial charge in [-0.2, -0.15) is 0 Å². The molecule has 2 N–H and O–H groups in total. The number of halogens is 1. The van der Waals surface area contributed by atoms with Gasteiger partial charge in [-0.1, -0.05) is 13.3 Å². The van der Waals surface area contributed by atoms with E-state index in [2.05, 4.69) is 38.8 Å². The van der Waals surface area contributed by atoms with E-state index >= 15 is 0 Å². The monoisotopic (exact) mass is 325 g/mol. The fourth-order valence-electron chi connectivity index (χ4n) is 3.17. The summed E-state index contributed by atoms with van der Waals surface area (Å²) in [6, 6.07) is 2.63. The second kappa shape index (κ2) is 7.36. The summed E-state index contributed by atoms with van der Waals surface area (Å²) in [7, 11) is 0. The lowest BCUT2D eigenvalue weighted by Crippen LogP contribution is -2.36. The second-order valence-corrected chi connectivity index (χ2v) is 6.32. The van der Waals surface area contributed by atoms with Crippen LogP contribution in [-0.2, 0) is 0 Å². The predicted molar refractivity (Wildman–Crippen MR) is 82.9 cm³/mol. The van der Waals surface area contributed by atoms with Crippen LogP contribution in [0, 0.1) is 5.92 Å². The van der Waals surface area contributed by atoms with Crippen LogP contribution in [-0.4, -0.2) is 29.5 Å². The molecule has 0 spiro atoms. The van der Waals surface area contributed by atoms with E-state index < -0.39 is 0 Å². The molecule has 0 aromatic carbocycles. The first-order valence-electron chi connectivity index (χ1n) is 7.30. The molecule has 1 saturated heterocycles. The van der Waals surface area contributed by atoms with Crippen molar-refractivity contribution in [3.63, 3.8) is 0 Å². The van der Waals surface area contributed by atoms with E-state index in [4.69, 9.17) is 5.73 Å². The number of rotatable bonds is 4. The molecule has 106 valence electrons. The third-order valence-corrected chi connectivity index (χ3v) is 4.42. The number of likely N-dealkylation sites (tertiary alicyclic amines) is 1. The van der Waals surface area contributed by atoms with Crippen LogP contribution < -0.4 is 5.73 Å². The molecule has 0 bridgehead atoms. The average Bonchev–Trinajstić information content (AvgIpc) is 2.61. The molecule has 2 heterocycles. The summed E-state index contributed by atoms with van der Waals surface area (Å²) < 4.78 is 1.06. The summed E-state index contributed by atoms with van der Waals surface area (Å²) in [6.45, 7) is 5.34. The highest BCUT2D eigenvalue weighted by atomic mass is 79.9. The molecular weight excluding hydrogens is 302 g/mol. The number of nitrogens with two attached hydrogens (primary N) is 1. The molecule has 0 amide bonds. The van der Waals surface area contributed by atoms with Crippen LogP contribution in [0.5, 0.6) is 0 Å². The van der Waals surface area contributed by atoms with E-state index in [1.54, 1.807) is 0 Å². The Balaban J connectivity index is 2.31. The van der Waals surface area contributed by atoms with Crippen molar-refractivity contribution in [1.29, 1.82) is 0 Å². The van der Waals surface area contributed by atoms with Crippen LogP contribution in [0.2, 0.25) is 0 Å². The first-order valence-corrected chi connectivity index (χ1v) is 8.10. The largest absolute Gasteiger partial charge is 0.330 e. The number of hydrogen-bond donors (Lipinski definition) is 1. The third kappa shape index (κ3) is 3.77. The van der Waals surface area contributed by atoms with Crippen molar-refractivity contribution in [3.05, 3.63) is 28.5 Å². The molecule has 1 aromatic heterocycles. The molecule has 0 saturated carbocycles. The maximum absolute atomic E-state index is 6.04. The van der Waals surface area contributed by atoms with Gasteiger partial charge in [-0.05, 0) is 72.4 Å². The van der Waals surface area contributed by atoms with E-state index in [0.29, 0.717) is 12.0 Å². The molecule has 1 fully saturated rings. The normalized spacial score (nSPS) is 25.2. The van der Waals surface area contributed by atoms with Gasteiger partial charge >= 0.3 is 0 Å². The van der Waals surface area contributed by atoms with Crippen LogP contribution in [0.3, 0.4) is 0 Å². The van der Waals surface area contributed by atoms with Gasteiger partial charge in [0, 0.05) is 22.9 Å². The number of aromatic nitrogens is 1. The summed E-state index contributed by atoms with van der Waals surface area (Å²) in [5.74, 6) is 0.546. The van der Waals surface area contributed by atoms with Crippen molar-refractivity contribution in [3.8, 4) is 0 Å². The summed E-state index contributed by atoms with van der Waals surface area (Å²) in [4.78, 5) is 6.94. The quantitative estimate of drug-likeness (QED) is 0.922. The molecule has 1 aliphatic heterocycles. The van der Waals surface area contributed by atoms with Crippen molar-refractivity contribution in [2.45, 2.75) is 38.6 Å². The zero-order chi connectivity index (χ0) is 13.7. The van der Waals surface area contributed by atoms with E-state index in [-0.39, 0.29) is 0 Å². The van der Waals surface area contributed by atoms with E-state index in [0.717, 1.165) is 17.6 Å². The maximum atomic E-state index is 6.04. The van der Waals surface area contributed by atoms with Crippen LogP contribution in [0.1, 0.15) is 44.2 Å². The summed E-state index contributed by atoms with van der Waals surface area (Å²) in [5, 5.41) is 0. The molecule has 4 heteroatoms. The minimum atomic E-state index is 0.428. The summed E-state index contributed by atoms with van der Waals surface area (Å²) in [6.07, 6.45) is 8.85. The van der Waals surface area contributed by atoms with Crippen LogP contribution in [0.25, 0.3) is 0 Å². The van der Waals surface area contributed by atoms with Gasteiger partial charge in [0.05, 0.1) is 0 Å². The summed E-state index contributed by atoms with van der Waals surface area (Å²) in [5.41, 5.74) is 7.34. The van der Waals surface area contributed by atoms with Crippen LogP contribution in [0.15, 0.2) is 22.9 Å². The van der Waals surface area contributed by atoms with Crippen molar-refractivity contribution in [2.24, 2.45) is 11.7 Å². The molecule has 2 unspecified atom stereocenters. The Morgan fingerprint density at radius 2 is 2.26 bits per heavy atom. The topological polar surface area (TPSA) is 42.1 Å². The van der Waals surface area contributed by atoms with Gasteiger partial charge in [-0.25, -0.2) is 0 Å². The van der Waals surface area contributed by atoms with Crippen LogP contribution in [0.4, 0.5) is 0 Å². The van der Waals surface area contributed by atoms with Crippen molar-refractivity contribution in [1.82, 2.24) is 9.88 Å². The second-order valence-electron chi connectivity index (χ2n) is 5.41. The molecule has 2 atom stereocenters. The van der Waals surface area contributed by atoms with Gasteiger partial charge < -0.3 is 5.73 Å². The average molecular weight is 326 g/mol. The Labute approximate surface area is 124 Å². The first kappa shape index (κ1) is 14.9. The molecule has 1 aromatic rings. The third-order valence-electron chi connectivity index (χ3n) is 3.99. The molecule has 2 rings (SSSR count). The molecule has 0 aliphatic carbocycles. The standard InChI is InChI=1S/C15H24BrN3/c1-2-6-19-7-4-3-5-12(9-17)15(19)13-8-14(16)11-18-10-13/h8,10-12,15H,2-7,9,17H2,1H3. The van der Waals surface area contributed by atoms with Gasteiger partial charge in [-0.15, -0.1) is 0 Å². The minimum absolute atomic E-state index is 0.428. The molecular formula is C15H24BrN3. The number of pyridine rings is 1. The molecule has 3 nitrogen and oxygen atoms in total. The lowest BCUT2D eigenvalue weighted by Gasteiger charge is -2.34. The molecule has 19 heavy (non-hydrogen) atoms. The SMILES string of the molecule is CCCN1CCCCC(CN)C1c1cncc(Br)c1. The lowest BCUT2D eigenvalue weighted by molar-refractivity contribution is 0.158. The Hall–Kier alpha value is -0.450. The highest BCUT2D eigenvalue weighted by Gasteiger charge is 2.30. The smallest absolute Gasteiger partial charge is 0.0410 e. The Bertz CT molecular complexity index is 397. The van der Waals surface area contributed by atoms with E-state index in [1.807, 2.05) is 12.4 Å². The van der Waals surface area contributed by atoms with Gasteiger partial charge in [-0.3, -0.25) is 9.88 Å². The Morgan fingerprint density at radius 3 is 2.95 bits per heavy atom. The fraction of sp³-hybridized carbons (Fsp3) is 0.667. The highest BCUT2D eigenvalue weighted by molar-refractivity contribution is 9.10. The summed E-state index contributed by atoms with van der Waals surface area (Å²) >= 11 is 3.54. The highest BCUT2D eigenvalue weighted by Crippen LogP contribution is 2.35. The lowest BCUT2D eigenvalue weighted by atomic mass is 9.90. The van der Waals surface area contributed by atoms with E-state index in [9.17, 15) is 0 Å². The number of hydrogen-bond acceptors (Lipinski definition) is 3. The predicted octanol–water partition coefficient (Wildman–Crippen LogP) is 3.36. The molecule has 1 aliphatic rings. The van der Waals surface area contributed by atoms with Gasteiger partial charge in [0.2, 0.25) is 0 Å². The maximum Gasteiger partial charge on any atom is 0.0410 e. The zero-order valence-electron chi connectivity index (χ0n) is 11.7.